The summed E-state index contributed by atoms with van der Waals surface area (Å²) in [5.74, 6) is 2.25. The predicted octanol–water partition coefficient (Wildman–Crippen LogP) is 3.70. The molecular weight excluding hydrogens is 300 g/mol. The molecular formula is C20H32N2O2. The van der Waals surface area contributed by atoms with Gasteiger partial charge in [-0.25, -0.2) is 0 Å². The number of carbonyl (C=O) groups is 1. The van der Waals surface area contributed by atoms with Crippen molar-refractivity contribution < 1.29 is 9.53 Å². The lowest BCUT2D eigenvalue weighted by Gasteiger charge is -2.33. The standard InChI is InChI=1S/C20H32N2O2/c1-5-16(13(2)3)17-11-15(9-10-19(17)24-4)20(23)22-18(12-21)14-7-6-8-14/h9-11,13-14,16,18H,5-8,12,21H2,1-4H3,(H,22,23). The Labute approximate surface area is 146 Å². The largest absolute Gasteiger partial charge is 0.496 e. The van der Waals surface area contributed by atoms with Crippen LogP contribution in [0.25, 0.3) is 0 Å². The van der Waals surface area contributed by atoms with E-state index in [4.69, 9.17) is 10.5 Å². The Hall–Kier alpha value is -1.55. The van der Waals surface area contributed by atoms with Gasteiger partial charge in [0, 0.05) is 18.2 Å². The van der Waals surface area contributed by atoms with E-state index in [1.54, 1.807) is 7.11 Å². The zero-order valence-electron chi connectivity index (χ0n) is 15.5. The van der Waals surface area contributed by atoms with Crippen LogP contribution in [0.2, 0.25) is 0 Å². The molecule has 1 aromatic rings. The molecule has 2 atom stereocenters. The lowest BCUT2D eigenvalue weighted by molar-refractivity contribution is 0.0904. The summed E-state index contributed by atoms with van der Waals surface area (Å²) in [6.45, 7) is 7.10. The molecule has 1 fully saturated rings. The molecule has 0 spiro atoms. The fourth-order valence-electron chi connectivity index (χ4n) is 3.68. The molecule has 0 bridgehead atoms. The first-order chi connectivity index (χ1) is 11.5. The lowest BCUT2D eigenvalue weighted by Crippen LogP contribution is -2.47. The zero-order valence-corrected chi connectivity index (χ0v) is 15.5. The van der Waals surface area contributed by atoms with Gasteiger partial charge in [0.25, 0.3) is 5.91 Å². The molecule has 1 aromatic carbocycles. The highest BCUT2D eigenvalue weighted by Gasteiger charge is 2.28. The Kier molecular flexibility index (Phi) is 6.67. The fraction of sp³-hybridized carbons (Fsp3) is 0.650. The van der Waals surface area contributed by atoms with Crippen LogP contribution in [0, 0.1) is 11.8 Å². The van der Waals surface area contributed by atoms with Crippen LogP contribution in [0.5, 0.6) is 5.75 Å². The molecule has 1 amide bonds. The number of hydrogen-bond donors (Lipinski definition) is 2. The third-order valence-electron chi connectivity index (χ3n) is 5.43. The summed E-state index contributed by atoms with van der Waals surface area (Å²) in [5.41, 5.74) is 7.68. The predicted molar refractivity (Wildman–Crippen MR) is 98.5 cm³/mol. The third kappa shape index (κ3) is 4.10. The minimum atomic E-state index is -0.0279. The fourth-order valence-corrected chi connectivity index (χ4v) is 3.68. The molecule has 4 heteroatoms. The SMILES string of the molecule is CCC(c1cc(C(=O)NC(CN)C2CCC2)ccc1OC)C(C)C. The van der Waals surface area contributed by atoms with Crippen molar-refractivity contribution in [1.29, 1.82) is 0 Å². The number of nitrogens with two attached hydrogens (primary N) is 1. The first kappa shape index (κ1) is 18.8. The van der Waals surface area contributed by atoms with Gasteiger partial charge in [-0.3, -0.25) is 4.79 Å². The van der Waals surface area contributed by atoms with Gasteiger partial charge in [0.05, 0.1) is 7.11 Å². The second kappa shape index (κ2) is 8.52. The maximum Gasteiger partial charge on any atom is 0.251 e. The summed E-state index contributed by atoms with van der Waals surface area (Å²) >= 11 is 0. The summed E-state index contributed by atoms with van der Waals surface area (Å²) in [4.78, 5) is 12.7. The number of amides is 1. The average Bonchev–Trinajstić information content (AvgIpc) is 2.52. The van der Waals surface area contributed by atoms with Crippen LogP contribution in [0.4, 0.5) is 0 Å². The summed E-state index contributed by atoms with van der Waals surface area (Å²) < 4.78 is 5.53. The third-order valence-corrected chi connectivity index (χ3v) is 5.43. The minimum absolute atomic E-state index is 0.0279. The van der Waals surface area contributed by atoms with Gasteiger partial charge in [-0.05, 0) is 60.8 Å². The summed E-state index contributed by atoms with van der Waals surface area (Å²) in [6.07, 6.45) is 4.60. The second-order valence-electron chi connectivity index (χ2n) is 7.22. The van der Waals surface area contributed by atoms with Crippen LogP contribution in [0.15, 0.2) is 18.2 Å². The van der Waals surface area contributed by atoms with E-state index in [2.05, 4.69) is 26.1 Å². The van der Waals surface area contributed by atoms with E-state index in [0.717, 1.165) is 17.7 Å². The van der Waals surface area contributed by atoms with E-state index in [1.165, 1.54) is 19.3 Å². The molecule has 0 aliphatic heterocycles. The first-order valence-corrected chi connectivity index (χ1v) is 9.20. The Morgan fingerprint density at radius 2 is 2.08 bits per heavy atom. The van der Waals surface area contributed by atoms with E-state index in [0.29, 0.717) is 29.9 Å². The molecule has 1 aliphatic rings. The number of benzene rings is 1. The lowest BCUT2D eigenvalue weighted by atomic mass is 9.79. The van der Waals surface area contributed by atoms with Crippen molar-refractivity contribution in [2.75, 3.05) is 13.7 Å². The molecule has 1 saturated carbocycles. The van der Waals surface area contributed by atoms with E-state index in [-0.39, 0.29) is 11.9 Å². The monoisotopic (exact) mass is 332 g/mol. The Bertz CT molecular complexity index is 553. The summed E-state index contributed by atoms with van der Waals surface area (Å²) in [7, 11) is 1.69. The number of carbonyl (C=O) groups excluding carboxylic acids is 1. The van der Waals surface area contributed by atoms with Crippen molar-refractivity contribution in [3.05, 3.63) is 29.3 Å². The number of rotatable bonds is 8. The van der Waals surface area contributed by atoms with Crippen molar-refractivity contribution in [1.82, 2.24) is 5.32 Å². The normalized spacial score (nSPS) is 17.2. The molecule has 2 unspecified atom stereocenters. The van der Waals surface area contributed by atoms with E-state index < -0.39 is 0 Å². The maximum absolute atomic E-state index is 12.7. The smallest absolute Gasteiger partial charge is 0.251 e. The Morgan fingerprint density at radius 1 is 1.38 bits per heavy atom. The number of ether oxygens (including phenoxy) is 1. The molecule has 2 rings (SSSR count). The van der Waals surface area contributed by atoms with Crippen LogP contribution < -0.4 is 15.8 Å². The highest BCUT2D eigenvalue weighted by molar-refractivity contribution is 5.94. The van der Waals surface area contributed by atoms with Gasteiger partial charge in [0.2, 0.25) is 0 Å². The van der Waals surface area contributed by atoms with Gasteiger partial charge in [-0.1, -0.05) is 27.2 Å². The van der Waals surface area contributed by atoms with E-state index in [9.17, 15) is 4.79 Å². The molecule has 3 N–H and O–H groups in total. The number of methoxy groups -OCH3 is 1. The number of nitrogens with one attached hydrogen (secondary N) is 1. The molecule has 134 valence electrons. The van der Waals surface area contributed by atoms with Gasteiger partial charge < -0.3 is 15.8 Å². The van der Waals surface area contributed by atoms with Gasteiger partial charge in [0.1, 0.15) is 5.75 Å². The van der Waals surface area contributed by atoms with Crippen LogP contribution >= 0.6 is 0 Å². The average molecular weight is 332 g/mol. The van der Waals surface area contributed by atoms with Crippen LogP contribution in [-0.2, 0) is 0 Å². The van der Waals surface area contributed by atoms with Gasteiger partial charge in [-0.15, -0.1) is 0 Å². The molecule has 0 saturated heterocycles. The van der Waals surface area contributed by atoms with Gasteiger partial charge >= 0.3 is 0 Å². The quantitative estimate of drug-likeness (QED) is 0.763. The molecule has 24 heavy (non-hydrogen) atoms. The molecule has 0 heterocycles. The minimum Gasteiger partial charge on any atom is -0.496 e. The van der Waals surface area contributed by atoms with Crippen LogP contribution in [0.1, 0.15) is 68.3 Å². The van der Waals surface area contributed by atoms with Crippen molar-refractivity contribution in [2.45, 2.75) is 58.4 Å². The Morgan fingerprint density at radius 3 is 2.54 bits per heavy atom. The van der Waals surface area contributed by atoms with Gasteiger partial charge in [-0.2, -0.15) is 0 Å². The highest BCUT2D eigenvalue weighted by atomic mass is 16.5. The first-order valence-electron chi connectivity index (χ1n) is 9.20. The molecule has 0 radical (unpaired) electrons. The van der Waals surface area contributed by atoms with Crippen molar-refractivity contribution in [2.24, 2.45) is 17.6 Å². The van der Waals surface area contributed by atoms with Crippen molar-refractivity contribution in [3.63, 3.8) is 0 Å². The molecule has 1 aliphatic carbocycles. The Balaban J connectivity index is 2.21. The second-order valence-corrected chi connectivity index (χ2v) is 7.22. The van der Waals surface area contributed by atoms with Crippen LogP contribution in [0.3, 0.4) is 0 Å². The van der Waals surface area contributed by atoms with E-state index in [1.807, 2.05) is 18.2 Å². The van der Waals surface area contributed by atoms with E-state index >= 15 is 0 Å². The van der Waals surface area contributed by atoms with Crippen molar-refractivity contribution in [3.8, 4) is 5.75 Å². The maximum atomic E-state index is 12.7. The molecule has 0 aromatic heterocycles. The topological polar surface area (TPSA) is 64.4 Å². The highest BCUT2D eigenvalue weighted by Crippen LogP contribution is 2.35. The molecule has 4 nitrogen and oxygen atoms in total. The summed E-state index contributed by atoms with van der Waals surface area (Å²) in [5, 5.41) is 3.13. The van der Waals surface area contributed by atoms with Crippen LogP contribution in [-0.4, -0.2) is 25.6 Å². The summed E-state index contributed by atoms with van der Waals surface area (Å²) in [6, 6.07) is 5.84. The number of hydrogen-bond acceptors (Lipinski definition) is 3. The van der Waals surface area contributed by atoms with Gasteiger partial charge in [0.15, 0.2) is 0 Å². The zero-order chi connectivity index (χ0) is 17.7. The van der Waals surface area contributed by atoms with Crippen molar-refractivity contribution >= 4 is 5.91 Å².